The summed E-state index contributed by atoms with van der Waals surface area (Å²) in [7, 11) is 0. The van der Waals surface area contributed by atoms with Crippen LogP contribution < -0.4 is 5.32 Å². The monoisotopic (exact) mass is 273 g/mol. The van der Waals surface area contributed by atoms with Crippen LogP contribution in [0.3, 0.4) is 0 Å². The van der Waals surface area contributed by atoms with E-state index >= 15 is 0 Å². The van der Waals surface area contributed by atoms with Gasteiger partial charge in [-0.1, -0.05) is 6.07 Å². The van der Waals surface area contributed by atoms with Crippen LogP contribution in [-0.2, 0) is 4.74 Å². The first-order chi connectivity index (χ1) is 8.73. The predicted octanol–water partition coefficient (Wildman–Crippen LogP) is 2.52. The molecule has 0 aliphatic carbocycles. The van der Waals surface area contributed by atoms with Gasteiger partial charge in [-0.2, -0.15) is 0 Å². The number of aliphatic hydroxyl groups is 1. The molecule has 0 heterocycles. The summed E-state index contributed by atoms with van der Waals surface area (Å²) in [4.78, 5) is 11.5. The summed E-state index contributed by atoms with van der Waals surface area (Å²) in [6.07, 6.45) is -0.740. The number of alkyl carbamates (subject to hydrolysis) is 1. The van der Waals surface area contributed by atoms with Gasteiger partial charge in [0.2, 0.25) is 0 Å². The molecule has 0 saturated carbocycles. The lowest BCUT2D eigenvalue weighted by atomic mass is 10.1. The third-order valence-electron chi connectivity index (χ3n) is 2.22. The highest BCUT2D eigenvalue weighted by Gasteiger charge is 2.20. The standard InChI is InChI=1S/C13H17F2NO3/c1-13(2,3)19-12(18)16-11(7-17)8-4-5-9(14)10(15)6-8/h4-6,11,17H,7H2,1-3H3,(H,16,18)/t11-/m0/s1. The number of amides is 1. The van der Waals surface area contributed by atoms with Crippen molar-refractivity contribution in [3.8, 4) is 0 Å². The van der Waals surface area contributed by atoms with Gasteiger partial charge < -0.3 is 15.2 Å². The van der Waals surface area contributed by atoms with Gasteiger partial charge in [0.1, 0.15) is 5.60 Å². The highest BCUT2D eigenvalue weighted by Crippen LogP contribution is 2.17. The van der Waals surface area contributed by atoms with Crippen molar-refractivity contribution in [2.45, 2.75) is 32.4 Å². The van der Waals surface area contributed by atoms with E-state index in [9.17, 15) is 18.7 Å². The van der Waals surface area contributed by atoms with Crippen LogP contribution in [0.1, 0.15) is 32.4 Å². The smallest absolute Gasteiger partial charge is 0.408 e. The maximum atomic E-state index is 13.1. The molecule has 106 valence electrons. The number of aliphatic hydroxyl groups excluding tert-OH is 1. The van der Waals surface area contributed by atoms with Gasteiger partial charge in [-0.15, -0.1) is 0 Å². The first-order valence-electron chi connectivity index (χ1n) is 5.78. The highest BCUT2D eigenvalue weighted by molar-refractivity contribution is 5.68. The zero-order valence-electron chi connectivity index (χ0n) is 11.0. The molecule has 1 aromatic carbocycles. The van der Waals surface area contributed by atoms with Crippen LogP contribution in [0.15, 0.2) is 18.2 Å². The van der Waals surface area contributed by atoms with Gasteiger partial charge in [-0.05, 0) is 38.5 Å². The Balaban J connectivity index is 2.78. The fourth-order valence-electron chi connectivity index (χ4n) is 1.41. The number of carbonyl (C=O) groups is 1. The van der Waals surface area contributed by atoms with Crippen molar-refractivity contribution in [2.75, 3.05) is 6.61 Å². The topological polar surface area (TPSA) is 58.6 Å². The first kappa shape index (κ1) is 15.4. The van der Waals surface area contributed by atoms with Crippen molar-refractivity contribution in [3.63, 3.8) is 0 Å². The molecule has 1 amide bonds. The van der Waals surface area contributed by atoms with E-state index in [0.717, 1.165) is 12.1 Å². The number of rotatable bonds is 3. The second-order valence-electron chi connectivity index (χ2n) is 5.05. The molecule has 2 N–H and O–H groups in total. The molecule has 0 spiro atoms. The van der Waals surface area contributed by atoms with Crippen LogP contribution in [0.5, 0.6) is 0 Å². The van der Waals surface area contributed by atoms with Crippen molar-refractivity contribution in [1.29, 1.82) is 0 Å². The molecule has 6 heteroatoms. The average Bonchev–Trinajstić information content (AvgIpc) is 2.27. The van der Waals surface area contributed by atoms with Gasteiger partial charge >= 0.3 is 6.09 Å². The van der Waals surface area contributed by atoms with E-state index in [2.05, 4.69) is 5.32 Å². The summed E-state index contributed by atoms with van der Waals surface area (Å²) in [5, 5.41) is 11.6. The normalized spacial score (nSPS) is 12.9. The Bertz CT molecular complexity index is 458. The maximum absolute atomic E-state index is 13.1. The summed E-state index contributed by atoms with van der Waals surface area (Å²) in [6, 6.07) is 2.29. The number of nitrogens with one attached hydrogen (secondary N) is 1. The van der Waals surface area contributed by atoms with E-state index < -0.39 is 36.0 Å². The van der Waals surface area contributed by atoms with Gasteiger partial charge in [-0.25, -0.2) is 13.6 Å². The minimum absolute atomic E-state index is 0.257. The molecule has 19 heavy (non-hydrogen) atoms. The second-order valence-corrected chi connectivity index (χ2v) is 5.05. The largest absolute Gasteiger partial charge is 0.444 e. The molecule has 0 aliphatic heterocycles. The Kier molecular flexibility index (Phi) is 4.83. The van der Waals surface area contributed by atoms with Crippen LogP contribution in [0.2, 0.25) is 0 Å². The first-order valence-corrected chi connectivity index (χ1v) is 5.78. The summed E-state index contributed by atoms with van der Waals surface area (Å²) < 4.78 is 30.9. The van der Waals surface area contributed by atoms with E-state index in [1.165, 1.54) is 6.07 Å². The Labute approximate surface area is 110 Å². The summed E-state index contributed by atoms with van der Waals surface area (Å²) in [6.45, 7) is 4.62. The summed E-state index contributed by atoms with van der Waals surface area (Å²) >= 11 is 0. The molecule has 4 nitrogen and oxygen atoms in total. The Hall–Kier alpha value is -1.69. The molecular weight excluding hydrogens is 256 g/mol. The number of hydrogen-bond acceptors (Lipinski definition) is 3. The Morgan fingerprint density at radius 3 is 2.47 bits per heavy atom. The Morgan fingerprint density at radius 1 is 1.37 bits per heavy atom. The number of benzene rings is 1. The average molecular weight is 273 g/mol. The van der Waals surface area contributed by atoms with Crippen LogP contribution in [0.4, 0.5) is 13.6 Å². The molecule has 1 aromatic rings. The number of hydrogen-bond donors (Lipinski definition) is 2. The molecule has 0 aliphatic rings. The minimum Gasteiger partial charge on any atom is -0.444 e. The van der Waals surface area contributed by atoms with Crippen molar-refractivity contribution in [3.05, 3.63) is 35.4 Å². The fourth-order valence-corrected chi connectivity index (χ4v) is 1.41. The van der Waals surface area contributed by atoms with Gasteiger partial charge in [0.25, 0.3) is 0 Å². The molecule has 0 fully saturated rings. The SMILES string of the molecule is CC(C)(C)OC(=O)N[C@@H](CO)c1ccc(F)c(F)c1. The number of halogens is 2. The van der Waals surface area contributed by atoms with Crippen molar-refractivity contribution in [2.24, 2.45) is 0 Å². The van der Waals surface area contributed by atoms with E-state index in [0.29, 0.717) is 0 Å². The van der Waals surface area contributed by atoms with Gasteiger partial charge in [0, 0.05) is 0 Å². The summed E-state index contributed by atoms with van der Waals surface area (Å²) in [5.41, 5.74) is -0.426. The lowest BCUT2D eigenvalue weighted by Crippen LogP contribution is -2.36. The van der Waals surface area contributed by atoms with E-state index in [4.69, 9.17) is 4.74 Å². The maximum Gasteiger partial charge on any atom is 0.408 e. The summed E-state index contributed by atoms with van der Waals surface area (Å²) in [5.74, 6) is -2.03. The fraction of sp³-hybridized carbons (Fsp3) is 0.462. The lowest BCUT2D eigenvalue weighted by Gasteiger charge is -2.23. The lowest BCUT2D eigenvalue weighted by molar-refractivity contribution is 0.0481. The van der Waals surface area contributed by atoms with Crippen LogP contribution in [0.25, 0.3) is 0 Å². The number of ether oxygens (including phenoxy) is 1. The predicted molar refractivity (Wildman–Crippen MR) is 65.6 cm³/mol. The number of carbonyl (C=O) groups excluding carboxylic acids is 1. The van der Waals surface area contributed by atoms with Crippen molar-refractivity contribution < 1.29 is 23.4 Å². The van der Waals surface area contributed by atoms with Crippen LogP contribution in [0, 0.1) is 11.6 Å². The van der Waals surface area contributed by atoms with Crippen molar-refractivity contribution in [1.82, 2.24) is 5.32 Å². The molecule has 0 aromatic heterocycles. The zero-order valence-corrected chi connectivity index (χ0v) is 11.0. The van der Waals surface area contributed by atoms with E-state index in [-0.39, 0.29) is 5.56 Å². The van der Waals surface area contributed by atoms with Crippen LogP contribution in [-0.4, -0.2) is 23.4 Å². The van der Waals surface area contributed by atoms with E-state index in [1.54, 1.807) is 20.8 Å². The zero-order chi connectivity index (χ0) is 14.6. The Morgan fingerprint density at radius 2 is 2.00 bits per heavy atom. The molecule has 0 bridgehead atoms. The molecule has 0 unspecified atom stereocenters. The van der Waals surface area contributed by atoms with Gasteiger partial charge in [-0.3, -0.25) is 0 Å². The van der Waals surface area contributed by atoms with Crippen LogP contribution >= 0.6 is 0 Å². The highest BCUT2D eigenvalue weighted by atomic mass is 19.2. The molecule has 0 radical (unpaired) electrons. The van der Waals surface area contributed by atoms with Gasteiger partial charge in [0.15, 0.2) is 11.6 Å². The van der Waals surface area contributed by atoms with Crippen molar-refractivity contribution >= 4 is 6.09 Å². The van der Waals surface area contributed by atoms with E-state index in [1.807, 2.05) is 0 Å². The third kappa shape index (κ3) is 4.82. The molecular formula is C13H17F2NO3. The molecule has 0 saturated heterocycles. The molecule has 1 atom stereocenters. The second kappa shape index (κ2) is 5.97. The molecule has 1 rings (SSSR count). The quantitative estimate of drug-likeness (QED) is 0.889. The minimum atomic E-state index is -1.04. The van der Waals surface area contributed by atoms with Gasteiger partial charge in [0.05, 0.1) is 12.6 Å². The third-order valence-corrected chi connectivity index (χ3v) is 2.22.